The van der Waals surface area contributed by atoms with E-state index < -0.39 is 22.8 Å². The van der Waals surface area contributed by atoms with Gasteiger partial charge in [0.05, 0.1) is 19.1 Å². The first-order chi connectivity index (χ1) is 12.9. The zero-order chi connectivity index (χ0) is 20.4. The fraction of sp³-hybridized carbons (Fsp3) is 0.263. The van der Waals surface area contributed by atoms with Gasteiger partial charge in [-0.05, 0) is 30.2 Å². The third kappa shape index (κ3) is 5.71. The highest BCUT2D eigenvalue weighted by molar-refractivity contribution is 6.00. The lowest BCUT2D eigenvalue weighted by Gasteiger charge is -2.14. The van der Waals surface area contributed by atoms with Gasteiger partial charge in [0, 0.05) is 6.07 Å². The van der Waals surface area contributed by atoms with Gasteiger partial charge in [-0.3, -0.25) is 19.7 Å². The van der Waals surface area contributed by atoms with E-state index in [2.05, 4.69) is 15.4 Å². The van der Waals surface area contributed by atoms with E-state index in [-0.39, 0.29) is 23.6 Å². The van der Waals surface area contributed by atoms with Gasteiger partial charge < -0.3 is 14.2 Å². The van der Waals surface area contributed by atoms with Gasteiger partial charge in [0.15, 0.2) is 11.7 Å². The van der Waals surface area contributed by atoms with Crippen LogP contribution in [0.2, 0.25) is 0 Å². The SMILES string of the molecule is C#C/C=C(\C=C/C)COc1cc(C(C(=O)OC)C(=O)OC)ccc1[N+](=O)[O-]. The number of esters is 2. The van der Waals surface area contributed by atoms with Crippen molar-refractivity contribution in [3.05, 3.63) is 57.7 Å². The third-order valence-electron chi connectivity index (χ3n) is 3.43. The Balaban J connectivity index is 3.33. The number of methoxy groups -OCH3 is 2. The number of nitrogens with zero attached hydrogens (tertiary/aromatic N) is 1. The van der Waals surface area contributed by atoms with Crippen LogP contribution in [0.15, 0.2) is 42.0 Å². The lowest BCUT2D eigenvalue weighted by Crippen LogP contribution is -2.24. The summed E-state index contributed by atoms with van der Waals surface area (Å²) in [7, 11) is 2.24. The van der Waals surface area contributed by atoms with Crippen LogP contribution in [0, 0.1) is 22.5 Å². The monoisotopic (exact) mass is 373 g/mol. The highest BCUT2D eigenvalue weighted by atomic mass is 16.6. The van der Waals surface area contributed by atoms with Gasteiger partial charge in [-0.1, -0.05) is 24.1 Å². The average Bonchev–Trinajstić information content (AvgIpc) is 2.66. The number of benzene rings is 1. The van der Waals surface area contributed by atoms with Crippen molar-refractivity contribution in [1.82, 2.24) is 0 Å². The molecule has 1 aromatic carbocycles. The molecule has 0 atom stereocenters. The van der Waals surface area contributed by atoms with Gasteiger partial charge in [0.2, 0.25) is 0 Å². The largest absolute Gasteiger partial charge is 0.482 e. The number of allylic oxidation sites excluding steroid dienone is 2. The summed E-state index contributed by atoms with van der Waals surface area (Å²) >= 11 is 0. The van der Waals surface area contributed by atoms with Crippen LogP contribution in [-0.4, -0.2) is 37.7 Å². The maximum Gasteiger partial charge on any atom is 0.324 e. The Bertz CT molecular complexity index is 802. The second kappa shape index (κ2) is 10.4. The summed E-state index contributed by atoms with van der Waals surface area (Å²) in [6, 6.07) is 3.65. The van der Waals surface area contributed by atoms with Gasteiger partial charge in [-0.15, -0.1) is 6.42 Å². The standard InChI is InChI=1S/C19H19NO7/c1-5-7-13(8-6-2)12-27-16-11-14(9-10-15(16)20(23)24)17(18(21)25-3)19(22)26-4/h1,6-11,17H,12H2,2-4H3/b8-6-,13-7+. The van der Waals surface area contributed by atoms with E-state index >= 15 is 0 Å². The summed E-state index contributed by atoms with van der Waals surface area (Å²) in [4.78, 5) is 34.5. The van der Waals surface area contributed by atoms with Crippen molar-refractivity contribution in [3.63, 3.8) is 0 Å². The Morgan fingerprint density at radius 2 is 1.93 bits per heavy atom. The summed E-state index contributed by atoms with van der Waals surface area (Å²) in [5, 5.41) is 11.3. The molecular formula is C19H19NO7. The van der Waals surface area contributed by atoms with Crippen molar-refractivity contribution in [3.8, 4) is 18.1 Å². The van der Waals surface area contributed by atoms with E-state index in [1.54, 1.807) is 19.1 Å². The van der Waals surface area contributed by atoms with E-state index in [0.29, 0.717) is 5.57 Å². The Morgan fingerprint density at radius 3 is 2.41 bits per heavy atom. The van der Waals surface area contributed by atoms with E-state index in [9.17, 15) is 19.7 Å². The second-order valence-corrected chi connectivity index (χ2v) is 5.14. The average molecular weight is 373 g/mol. The third-order valence-corrected chi connectivity index (χ3v) is 3.43. The number of carbonyl (C=O) groups is 2. The molecule has 0 amide bonds. The summed E-state index contributed by atoms with van der Waals surface area (Å²) in [6.07, 6.45) is 10.1. The molecule has 0 radical (unpaired) electrons. The Kier molecular flexibility index (Phi) is 8.26. The molecule has 0 bridgehead atoms. The molecule has 0 aliphatic heterocycles. The lowest BCUT2D eigenvalue weighted by molar-refractivity contribution is -0.385. The zero-order valence-corrected chi connectivity index (χ0v) is 15.1. The van der Waals surface area contributed by atoms with Crippen LogP contribution in [0.4, 0.5) is 5.69 Å². The molecule has 27 heavy (non-hydrogen) atoms. The molecular weight excluding hydrogens is 354 g/mol. The Labute approximate surface area is 156 Å². The zero-order valence-electron chi connectivity index (χ0n) is 15.1. The van der Waals surface area contributed by atoms with Crippen LogP contribution in [0.25, 0.3) is 0 Å². The molecule has 1 rings (SSSR count). The number of hydrogen-bond acceptors (Lipinski definition) is 7. The molecule has 0 N–H and O–H groups in total. The number of ether oxygens (including phenoxy) is 3. The minimum atomic E-state index is -1.39. The van der Waals surface area contributed by atoms with Crippen molar-refractivity contribution in [2.45, 2.75) is 12.8 Å². The molecule has 0 heterocycles. The van der Waals surface area contributed by atoms with Crippen molar-refractivity contribution in [1.29, 1.82) is 0 Å². The van der Waals surface area contributed by atoms with Gasteiger partial charge in [-0.2, -0.15) is 0 Å². The highest BCUT2D eigenvalue weighted by Gasteiger charge is 2.32. The van der Waals surface area contributed by atoms with Crippen molar-refractivity contribution in [2.75, 3.05) is 20.8 Å². The smallest absolute Gasteiger partial charge is 0.324 e. The lowest BCUT2D eigenvalue weighted by atomic mass is 9.98. The predicted octanol–water partition coefficient (Wildman–Crippen LogP) is 2.54. The van der Waals surface area contributed by atoms with E-state index in [0.717, 1.165) is 20.3 Å². The molecule has 0 spiro atoms. The number of terminal acetylenes is 1. The second-order valence-electron chi connectivity index (χ2n) is 5.14. The minimum absolute atomic E-state index is 0.0417. The fourth-order valence-corrected chi connectivity index (χ4v) is 2.20. The summed E-state index contributed by atoms with van der Waals surface area (Å²) < 4.78 is 14.8. The van der Waals surface area contributed by atoms with Crippen molar-refractivity contribution >= 4 is 17.6 Å². The predicted molar refractivity (Wildman–Crippen MR) is 97.1 cm³/mol. The van der Waals surface area contributed by atoms with E-state index in [1.165, 1.54) is 18.2 Å². The molecule has 0 aromatic heterocycles. The van der Waals surface area contributed by atoms with Gasteiger partial charge in [0.1, 0.15) is 6.61 Å². The summed E-state index contributed by atoms with van der Waals surface area (Å²) in [5.74, 6) is -0.876. The first kappa shape index (κ1) is 21.4. The van der Waals surface area contributed by atoms with Crippen LogP contribution in [0.1, 0.15) is 18.4 Å². The molecule has 0 fully saturated rings. The molecule has 8 nitrogen and oxygen atoms in total. The molecule has 0 unspecified atom stereocenters. The first-order valence-corrected chi connectivity index (χ1v) is 7.74. The molecule has 1 aromatic rings. The van der Waals surface area contributed by atoms with Crippen LogP contribution < -0.4 is 4.74 Å². The molecule has 0 saturated heterocycles. The Morgan fingerprint density at radius 1 is 1.30 bits per heavy atom. The molecule has 0 aliphatic rings. The van der Waals surface area contributed by atoms with Crippen LogP contribution in [-0.2, 0) is 19.1 Å². The normalized spacial score (nSPS) is 11.1. The van der Waals surface area contributed by atoms with Crippen molar-refractivity contribution in [2.24, 2.45) is 0 Å². The van der Waals surface area contributed by atoms with Gasteiger partial charge in [0.25, 0.3) is 0 Å². The number of hydrogen-bond donors (Lipinski definition) is 0. The number of rotatable bonds is 8. The van der Waals surface area contributed by atoms with Crippen molar-refractivity contribution < 1.29 is 28.7 Å². The number of nitro groups is 1. The van der Waals surface area contributed by atoms with Crippen LogP contribution in [0.3, 0.4) is 0 Å². The molecule has 0 aliphatic carbocycles. The quantitative estimate of drug-likeness (QED) is 0.172. The topological polar surface area (TPSA) is 105 Å². The maximum absolute atomic E-state index is 11.9. The van der Waals surface area contributed by atoms with Crippen LogP contribution in [0.5, 0.6) is 5.75 Å². The van der Waals surface area contributed by atoms with Crippen LogP contribution >= 0.6 is 0 Å². The van der Waals surface area contributed by atoms with E-state index in [4.69, 9.17) is 11.2 Å². The summed E-state index contributed by atoms with van der Waals surface area (Å²) in [5.41, 5.74) is 0.424. The molecule has 8 heteroatoms. The maximum atomic E-state index is 11.9. The minimum Gasteiger partial charge on any atom is -0.482 e. The first-order valence-electron chi connectivity index (χ1n) is 7.74. The number of nitro benzene ring substituents is 1. The molecule has 142 valence electrons. The molecule has 0 saturated carbocycles. The number of carbonyl (C=O) groups excluding carboxylic acids is 2. The fourth-order valence-electron chi connectivity index (χ4n) is 2.20. The summed E-state index contributed by atoms with van der Waals surface area (Å²) in [6.45, 7) is 1.74. The van der Waals surface area contributed by atoms with Gasteiger partial charge >= 0.3 is 17.6 Å². The van der Waals surface area contributed by atoms with E-state index in [1.807, 2.05) is 0 Å². The highest BCUT2D eigenvalue weighted by Crippen LogP contribution is 2.32. The van der Waals surface area contributed by atoms with Gasteiger partial charge in [-0.25, -0.2) is 0 Å². The Hall–Kier alpha value is -3.60.